The average Bonchev–Trinajstić information content (AvgIpc) is 2.66. The topological polar surface area (TPSA) is 127 Å². The Morgan fingerprint density at radius 1 is 1.29 bits per heavy atom. The zero-order valence-corrected chi connectivity index (χ0v) is 14.6. The zero-order valence-electron chi connectivity index (χ0n) is 14.6. The lowest BCUT2D eigenvalue weighted by Crippen LogP contribution is -2.87. The molecule has 12 heteroatoms. The van der Waals surface area contributed by atoms with Gasteiger partial charge in [0.1, 0.15) is 30.7 Å². The van der Waals surface area contributed by atoms with Crippen LogP contribution in [0, 0.1) is 10.1 Å². The summed E-state index contributed by atoms with van der Waals surface area (Å²) in [6.07, 6.45) is -4.29. The van der Waals surface area contributed by atoms with Crippen molar-refractivity contribution in [1.82, 2.24) is 9.97 Å². The number of nitrogens with two attached hydrogens (primary N) is 1. The van der Waals surface area contributed by atoms with Crippen LogP contribution < -0.4 is 15.4 Å². The maximum Gasteiger partial charge on any atom is 0.433 e. The maximum atomic E-state index is 12.6. The van der Waals surface area contributed by atoms with Crippen LogP contribution in [0.5, 0.6) is 5.75 Å². The summed E-state index contributed by atoms with van der Waals surface area (Å²) in [6.45, 7) is 1.07. The quantitative estimate of drug-likeness (QED) is 0.305. The summed E-state index contributed by atoms with van der Waals surface area (Å²) in [5.41, 5.74) is -1.08. The molecule has 0 amide bonds. The molecule has 0 spiro atoms. The third-order valence-electron chi connectivity index (χ3n) is 3.51. The maximum absolute atomic E-state index is 12.6. The highest BCUT2D eigenvalue weighted by atomic mass is 19.4. The predicted molar refractivity (Wildman–Crippen MR) is 91.8 cm³/mol. The lowest BCUT2D eigenvalue weighted by atomic mass is 10.3. The third kappa shape index (κ3) is 6.96. The number of alkyl halides is 3. The molecular formula is C16H19F3N5O4+. The fourth-order valence-corrected chi connectivity index (χ4v) is 2.12. The van der Waals surface area contributed by atoms with Crippen molar-refractivity contribution >= 4 is 11.6 Å². The number of aliphatic hydroxyl groups excluding tert-OH is 1. The van der Waals surface area contributed by atoms with Crippen molar-refractivity contribution < 1.29 is 33.3 Å². The molecule has 1 aromatic heterocycles. The predicted octanol–water partition coefficient (Wildman–Crippen LogP) is 0.819. The van der Waals surface area contributed by atoms with Crippen LogP contribution in [0.4, 0.5) is 24.8 Å². The van der Waals surface area contributed by atoms with Crippen molar-refractivity contribution in [2.45, 2.75) is 12.3 Å². The molecule has 1 atom stereocenters. The van der Waals surface area contributed by atoms with Crippen LogP contribution in [0.25, 0.3) is 0 Å². The first-order valence-electron chi connectivity index (χ1n) is 8.27. The van der Waals surface area contributed by atoms with Gasteiger partial charge in [-0.1, -0.05) is 0 Å². The molecular weight excluding hydrogens is 383 g/mol. The number of hydrogen-bond acceptors (Lipinski definition) is 7. The fourth-order valence-electron chi connectivity index (χ4n) is 2.12. The smallest absolute Gasteiger partial charge is 0.433 e. The molecule has 0 aliphatic heterocycles. The van der Waals surface area contributed by atoms with Crippen LogP contribution in [0.1, 0.15) is 5.69 Å². The van der Waals surface area contributed by atoms with Gasteiger partial charge in [0.05, 0.1) is 18.0 Å². The number of nitro groups is 1. The monoisotopic (exact) mass is 402 g/mol. The van der Waals surface area contributed by atoms with Gasteiger partial charge in [-0.2, -0.15) is 13.2 Å². The number of aliphatic hydroxyl groups is 1. The summed E-state index contributed by atoms with van der Waals surface area (Å²) in [4.78, 5) is 17.1. The second kappa shape index (κ2) is 9.80. The minimum atomic E-state index is -4.53. The van der Waals surface area contributed by atoms with Crippen molar-refractivity contribution in [2.75, 3.05) is 31.6 Å². The number of nitro benzene ring substituents is 1. The lowest BCUT2D eigenvalue weighted by Gasteiger charge is -2.12. The van der Waals surface area contributed by atoms with E-state index in [9.17, 15) is 28.4 Å². The van der Waals surface area contributed by atoms with E-state index < -0.39 is 22.9 Å². The van der Waals surface area contributed by atoms with Gasteiger partial charge >= 0.3 is 6.18 Å². The van der Waals surface area contributed by atoms with Gasteiger partial charge in [-0.25, -0.2) is 9.97 Å². The van der Waals surface area contributed by atoms with Crippen LogP contribution in [-0.2, 0) is 6.18 Å². The minimum absolute atomic E-state index is 0.00151. The summed E-state index contributed by atoms with van der Waals surface area (Å²) >= 11 is 0. The van der Waals surface area contributed by atoms with E-state index in [1.807, 2.05) is 0 Å². The van der Waals surface area contributed by atoms with Crippen molar-refractivity contribution in [3.05, 3.63) is 52.3 Å². The molecule has 9 nitrogen and oxygen atoms in total. The first-order valence-corrected chi connectivity index (χ1v) is 8.27. The van der Waals surface area contributed by atoms with Crippen molar-refractivity contribution in [3.8, 4) is 5.75 Å². The molecule has 0 saturated heterocycles. The molecule has 4 N–H and O–H groups in total. The molecule has 0 bridgehead atoms. The summed E-state index contributed by atoms with van der Waals surface area (Å²) < 4.78 is 43.0. The number of quaternary nitrogens is 1. The van der Waals surface area contributed by atoms with Crippen LogP contribution in [0.3, 0.4) is 0 Å². The Bertz CT molecular complexity index is 774. The zero-order chi connectivity index (χ0) is 20.6. The van der Waals surface area contributed by atoms with E-state index in [1.54, 1.807) is 5.32 Å². The van der Waals surface area contributed by atoms with E-state index in [2.05, 4.69) is 15.3 Å². The highest BCUT2D eigenvalue weighted by Crippen LogP contribution is 2.27. The van der Waals surface area contributed by atoms with E-state index in [1.165, 1.54) is 24.3 Å². The Morgan fingerprint density at radius 2 is 2.00 bits per heavy atom. The number of aromatic nitrogens is 2. The number of hydrogen-bond donors (Lipinski definition) is 3. The van der Waals surface area contributed by atoms with Gasteiger partial charge in [-0.15, -0.1) is 0 Å². The molecule has 1 heterocycles. The molecule has 0 radical (unpaired) electrons. The Hall–Kier alpha value is -2.99. The van der Waals surface area contributed by atoms with E-state index >= 15 is 0 Å². The van der Waals surface area contributed by atoms with Gasteiger partial charge in [0.15, 0.2) is 0 Å². The number of halogens is 3. The first-order chi connectivity index (χ1) is 13.3. The van der Waals surface area contributed by atoms with E-state index in [0.717, 1.165) is 12.3 Å². The summed E-state index contributed by atoms with van der Waals surface area (Å²) in [5, 5.41) is 24.9. The second-order valence-electron chi connectivity index (χ2n) is 5.72. The molecule has 0 aliphatic carbocycles. The number of nitrogens with zero attached hydrogens (tertiary/aromatic N) is 3. The van der Waals surface area contributed by atoms with Gasteiger partial charge < -0.3 is 20.5 Å². The first kappa shape index (κ1) is 21.3. The third-order valence-corrected chi connectivity index (χ3v) is 3.51. The summed E-state index contributed by atoms with van der Waals surface area (Å²) in [5.74, 6) is 0.276. The van der Waals surface area contributed by atoms with Crippen molar-refractivity contribution in [2.24, 2.45) is 0 Å². The van der Waals surface area contributed by atoms with Crippen LogP contribution in [-0.4, -0.2) is 52.3 Å². The number of anilines is 1. The SMILES string of the molecule is O=[N+]([O-])c1ccc(OC[C@H](O)C[NH2+]CCNc2nccc(C(F)(F)F)n2)cc1. The van der Waals surface area contributed by atoms with E-state index in [4.69, 9.17) is 4.74 Å². The van der Waals surface area contributed by atoms with E-state index in [0.29, 0.717) is 25.4 Å². The van der Waals surface area contributed by atoms with Crippen LogP contribution in [0.15, 0.2) is 36.5 Å². The Balaban J connectivity index is 1.63. The Labute approximate surface area is 157 Å². The molecule has 2 aromatic rings. The average molecular weight is 402 g/mol. The standard InChI is InChI=1S/C16H18F3N5O4/c17-16(18,19)14-5-6-21-15(23-14)22-8-7-20-9-12(25)10-28-13-3-1-11(2-4-13)24(26)27/h1-6,12,20,25H,7-10H2,(H,21,22,23)/p+1/t12-/m1/s1. The number of rotatable bonds is 10. The van der Waals surface area contributed by atoms with Gasteiger partial charge in [-0.3, -0.25) is 10.1 Å². The van der Waals surface area contributed by atoms with Crippen LogP contribution in [0.2, 0.25) is 0 Å². The molecule has 0 fully saturated rings. The van der Waals surface area contributed by atoms with Crippen molar-refractivity contribution in [3.63, 3.8) is 0 Å². The van der Waals surface area contributed by atoms with Gasteiger partial charge in [0, 0.05) is 18.3 Å². The number of ether oxygens (including phenoxy) is 1. The Kier molecular flexibility index (Phi) is 7.46. The van der Waals surface area contributed by atoms with Crippen LogP contribution >= 0.6 is 0 Å². The highest BCUT2D eigenvalue weighted by Gasteiger charge is 2.32. The minimum Gasteiger partial charge on any atom is -0.491 e. The molecule has 1 aromatic carbocycles. The Morgan fingerprint density at radius 3 is 2.64 bits per heavy atom. The normalized spacial score (nSPS) is 12.4. The number of benzene rings is 1. The lowest BCUT2D eigenvalue weighted by molar-refractivity contribution is -0.658. The summed E-state index contributed by atoms with van der Waals surface area (Å²) in [6, 6.07) is 6.27. The van der Waals surface area contributed by atoms with E-state index in [-0.39, 0.29) is 18.2 Å². The summed E-state index contributed by atoms with van der Waals surface area (Å²) in [7, 11) is 0. The fraction of sp³-hybridized carbons (Fsp3) is 0.375. The molecule has 0 saturated carbocycles. The van der Waals surface area contributed by atoms with Gasteiger partial charge in [0.25, 0.3) is 5.69 Å². The second-order valence-corrected chi connectivity index (χ2v) is 5.72. The largest absolute Gasteiger partial charge is 0.491 e. The molecule has 152 valence electrons. The van der Waals surface area contributed by atoms with Crippen molar-refractivity contribution in [1.29, 1.82) is 0 Å². The highest BCUT2D eigenvalue weighted by molar-refractivity contribution is 5.35. The molecule has 28 heavy (non-hydrogen) atoms. The number of non-ortho nitro benzene ring substituents is 1. The van der Waals surface area contributed by atoms with Gasteiger partial charge in [-0.05, 0) is 18.2 Å². The molecule has 0 unspecified atom stereocenters. The van der Waals surface area contributed by atoms with Gasteiger partial charge in [0.2, 0.25) is 5.95 Å². The molecule has 2 rings (SSSR count). The number of nitrogens with one attached hydrogen (secondary N) is 1. The molecule has 0 aliphatic rings.